The number of halogens is 2. The Morgan fingerprint density at radius 1 is 1.53 bits per heavy atom. The average molecular weight is 270 g/mol. The Hall–Kier alpha value is -0.850. The molecule has 0 atom stereocenters. The predicted octanol–water partition coefficient (Wildman–Crippen LogP) is 3.09. The Bertz CT molecular complexity index is 393. The molecule has 0 unspecified atom stereocenters. The highest BCUT2D eigenvalue weighted by atomic mass is 79.9. The topological polar surface area (TPSA) is 12.0 Å². The van der Waals surface area contributed by atoms with Crippen LogP contribution in [0.3, 0.4) is 0 Å². The number of terminal acetylenes is 1. The molecular formula is C12H13BrFN. The highest BCUT2D eigenvalue weighted by molar-refractivity contribution is 9.10. The van der Waals surface area contributed by atoms with Crippen LogP contribution in [0.2, 0.25) is 0 Å². The van der Waals surface area contributed by atoms with E-state index in [9.17, 15) is 4.39 Å². The van der Waals surface area contributed by atoms with Gasteiger partial charge in [-0.25, -0.2) is 4.39 Å². The van der Waals surface area contributed by atoms with Crippen molar-refractivity contribution in [1.82, 2.24) is 5.32 Å². The largest absolute Gasteiger partial charge is 0.298 e. The predicted molar refractivity (Wildman–Crippen MR) is 63.9 cm³/mol. The number of hydrogen-bond acceptors (Lipinski definition) is 1. The Labute approximate surface area is 98.2 Å². The van der Waals surface area contributed by atoms with Gasteiger partial charge in [-0.15, -0.1) is 6.42 Å². The molecule has 0 amide bonds. The van der Waals surface area contributed by atoms with Crippen LogP contribution in [-0.4, -0.2) is 5.54 Å². The Morgan fingerprint density at radius 2 is 2.20 bits per heavy atom. The van der Waals surface area contributed by atoms with E-state index < -0.39 is 0 Å². The number of benzene rings is 1. The lowest BCUT2D eigenvalue weighted by Crippen LogP contribution is -2.36. The fourth-order valence-electron chi connectivity index (χ4n) is 1.02. The zero-order valence-electron chi connectivity index (χ0n) is 8.77. The summed E-state index contributed by atoms with van der Waals surface area (Å²) in [4.78, 5) is 0. The van der Waals surface area contributed by atoms with Crippen LogP contribution in [0.1, 0.15) is 19.4 Å². The monoisotopic (exact) mass is 269 g/mol. The lowest BCUT2D eigenvalue weighted by atomic mass is 10.1. The zero-order valence-corrected chi connectivity index (χ0v) is 10.4. The van der Waals surface area contributed by atoms with Gasteiger partial charge in [-0.1, -0.05) is 12.0 Å². The second kappa shape index (κ2) is 4.78. The first-order valence-electron chi connectivity index (χ1n) is 4.61. The van der Waals surface area contributed by atoms with E-state index in [2.05, 4.69) is 27.2 Å². The lowest BCUT2D eigenvalue weighted by molar-refractivity contribution is 0.489. The molecule has 1 aromatic rings. The fraction of sp³-hybridized carbons (Fsp3) is 0.333. The summed E-state index contributed by atoms with van der Waals surface area (Å²) < 4.78 is 13.6. The SMILES string of the molecule is C#CC(C)(C)NCc1ccc(Br)c(F)c1. The third-order valence-corrected chi connectivity index (χ3v) is 2.72. The Balaban J connectivity index is 2.67. The molecule has 80 valence electrons. The average Bonchev–Trinajstić information content (AvgIpc) is 2.20. The maximum atomic E-state index is 13.2. The van der Waals surface area contributed by atoms with Crippen LogP contribution in [0, 0.1) is 18.2 Å². The van der Waals surface area contributed by atoms with Crippen molar-refractivity contribution in [1.29, 1.82) is 0 Å². The normalized spacial score (nSPS) is 11.1. The second-order valence-electron chi connectivity index (χ2n) is 3.87. The van der Waals surface area contributed by atoms with Gasteiger partial charge in [0.05, 0.1) is 10.0 Å². The van der Waals surface area contributed by atoms with E-state index in [-0.39, 0.29) is 11.4 Å². The molecule has 0 heterocycles. The quantitative estimate of drug-likeness (QED) is 0.832. The molecule has 0 bridgehead atoms. The first kappa shape index (κ1) is 12.2. The minimum absolute atomic E-state index is 0.257. The van der Waals surface area contributed by atoms with Crippen molar-refractivity contribution in [3.8, 4) is 12.3 Å². The van der Waals surface area contributed by atoms with Crippen molar-refractivity contribution in [3.63, 3.8) is 0 Å². The van der Waals surface area contributed by atoms with Crippen LogP contribution in [0.5, 0.6) is 0 Å². The first-order valence-corrected chi connectivity index (χ1v) is 5.40. The summed E-state index contributed by atoms with van der Waals surface area (Å²) in [5.41, 5.74) is 0.503. The number of rotatable bonds is 3. The van der Waals surface area contributed by atoms with Crippen molar-refractivity contribution < 1.29 is 4.39 Å². The molecule has 1 aromatic carbocycles. The van der Waals surface area contributed by atoms with Gasteiger partial charge in [-0.05, 0) is 47.5 Å². The molecular weight excluding hydrogens is 257 g/mol. The van der Waals surface area contributed by atoms with Crippen LogP contribution < -0.4 is 5.32 Å². The van der Waals surface area contributed by atoms with Crippen LogP contribution >= 0.6 is 15.9 Å². The van der Waals surface area contributed by atoms with E-state index >= 15 is 0 Å². The third-order valence-electron chi connectivity index (χ3n) is 2.08. The maximum Gasteiger partial charge on any atom is 0.137 e. The molecule has 0 fully saturated rings. The standard InChI is InChI=1S/C12H13BrFN/c1-4-12(2,3)15-8-9-5-6-10(13)11(14)7-9/h1,5-7,15H,8H2,2-3H3. The van der Waals surface area contributed by atoms with E-state index in [0.717, 1.165) is 5.56 Å². The molecule has 1 rings (SSSR count). The van der Waals surface area contributed by atoms with Crippen molar-refractivity contribution in [2.75, 3.05) is 0 Å². The molecule has 3 heteroatoms. The Kier molecular flexibility index (Phi) is 3.90. The van der Waals surface area contributed by atoms with Crippen molar-refractivity contribution in [3.05, 3.63) is 34.1 Å². The van der Waals surface area contributed by atoms with Crippen LogP contribution in [0.15, 0.2) is 22.7 Å². The molecule has 0 saturated heterocycles. The van der Waals surface area contributed by atoms with Gasteiger partial charge in [0.15, 0.2) is 0 Å². The van der Waals surface area contributed by atoms with Gasteiger partial charge in [0.1, 0.15) is 5.82 Å². The lowest BCUT2D eigenvalue weighted by Gasteiger charge is -2.19. The summed E-state index contributed by atoms with van der Waals surface area (Å²) in [6.07, 6.45) is 5.33. The van der Waals surface area contributed by atoms with Crippen molar-refractivity contribution in [2.45, 2.75) is 25.9 Å². The number of hydrogen-bond donors (Lipinski definition) is 1. The van der Waals surface area contributed by atoms with E-state index in [4.69, 9.17) is 6.42 Å². The first-order chi connectivity index (χ1) is 6.94. The fourth-order valence-corrected chi connectivity index (χ4v) is 1.27. The van der Waals surface area contributed by atoms with Crippen molar-refractivity contribution in [2.24, 2.45) is 0 Å². The van der Waals surface area contributed by atoms with Crippen LogP contribution in [0.25, 0.3) is 0 Å². The highest BCUT2D eigenvalue weighted by Gasteiger charge is 2.12. The van der Waals surface area contributed by atoms with Crippen LogP contribution in [0.4, 0.5) is 4.39 Å². The molecule has 1 N–H and O–H groups in total. The van der Waals surface area contributed by atoms with Gasteiger partial charge >= 0.3 is 0 Å². The summed E-state index contributed by atoms with van der Waals surface area (Å²) in [5, 5.41) is 3.15. The maximum absolute atomic E-state index is 13.2. The summed E-state index contributed by atoms with van der Waals surface area (Å²) >= 11 is 3.11. The molecule has 0 aliphatic heterocycles. The van der Waals surface area contributed by atoms with E-state index in [1.54, 1.807) is 6.07 Å². The van der Waals surface area contributed by atoms with Gasteiger partial charge < -0.3 is 0 Å². The molecule has 0 saturated carbocycles. The minimum Gasteiger partial charge on any atom is -0.298 e. The molecule has 0 aromatic heterocycles. The van der Waals surface area contributed by atoms with Gasteiger partial charge in [0.2, 0.25) is 0 Å². The highest BCUT2D eigenvalue weighted by Crippen LogP contribution is 2.16. The van der Waals surface area contributed by atoms with E-state index in [0.29, 0.717) is 11.0 Å². The van der Waals surface area contributed by atoms with Gasteiger partial charge in [0, 0.05) is 6.54 Å². The third kappa shape index (κ3) is 3.65. The van der Waals surface area contributed by atoms with E-state index in [1.807, 2.05) is 19.9 Å². The summed E-state index contributed by atoms with van der Waals surface area (Å²) in [6.45, 7) is 4.37. The molecule has 0 aliphatic rings. The summed E-state index contributed by atoms with van der Waals surface area (Å²) in [6, 6.07) is 5.03. The minimum atomic E-state index is -0.371. The molecule has 0 aliphatic carbocycles. The molecule has 0 spiro atoms. The molecule has 1 nitrogen and oxygen atoms in total. The molecule has 0 radical (unpaired) electrons. The van der Waals surface area contributed by atoms with Gasteiger partial charge in [0.25, 0.3) is 0 Å². The summed E-state index contributed by atoms with van der Waals surface area (Å²) in [7, 11) is 0. The smallest absolute Gasteiger partial charge is 0.137 e. The Morgan fingerprint density at radius 3 is 2.73 bits per heavy atom. The second-order valence-corrected chi connectivity index (χ2v) is 4.73. The number of nitrogens with one attached hydrogen (secondary N) is 1. The zero-order chi connectivity index (χ0) is 11.5. The van der Waals surface area contributed by atoms with E-state index in [1.165, 1.54) is 6.07 Å². The van der Waals surface area contributed by atoms with Gasteiger partial charge in [-0.2, -0.15) is 0 Å². The van der Waals surface area contributed by atoms with Crippen molar-refractivity contribution >= 4 is 15.9 Å². The summed E-state index contributed by atoms with van der Waals surface area (Å²) in [5.74, 6) is 2.37. The van der Waals surface area contributed by atoms with Crippen LogP contribution in [-0.2, 0) is 6.54 Å². The molecule has 15 heavy (non-hydrogen) atoms. The van der Waals surface area contributed by atoms with Gasteiger partial charge in [-0.3, -0.25) is 5.32 Å².